The van der Waals surface area contributed by atoms with Crippen LogP contribution in [0.25, 0.3) is 0 Å². The van der Waals surface area contributed by atoms with Gasteiger partial charge in [0.05, 0.1) is 11.9 Å². The maximum absolute atomic E-state index is 5.15. The Morgan fingerprint density at radius 1 is 1.69 bits per heavy atom. The van der Waals surface area contributed by atoms with Gasteiger partial charge in [-0.2, -0.15) is 0 Å². The predicted octanol–water partition coefficient (Wildman–Crippen LogP) is 2.99. The lowest BCUT2D eigenvalue weighted by molar-refractivity contribution is 0.326. The molecule has 0 heterocycles. The van der Waals surface area contributed by atoms with E-state index in [-0.39, 0.29) is 0 Å². The first-order chi connectivity index (χ1) is 6.26. The third kappa shape index (κ3) is 14.1. The highest BCUT2D eigenvalue weighted by molar-refractivity contribution is 9.09. The molecule has 2 nitrogen and oxygen atoms in total. The normalized spacial score (nSPS) is 10.2. The number of halogens is 1. The van der Waals surface area contributed by atoms with E-state index in [1.165, 1.54) is 0 Å². The minimum atomic E-state index is 0.669. The van der Waals surface area contributed by atoms with Crippen LogP contribution in [0.3, 0.4) is 0 Å². The molecule has 0 fully saturated rings. The summed E-state index contributed by atoms with van der Waals surface area (Å²) in [5, 5.41) is 0.672. The molecular formula is C10H16BrNO. The van der Waals surface area contributed by atoms with E-state index >= 15 is 0 Å². The fraction of sp³-hybridized carbons (Fsp3) is 0.500. The van der Waals surface area contributed by atoms with E-state index in [1.54, 1.807) is 13.1 Å². The topological polar surface area (TPSA) is 21.6 Å². The first kappa shape index (κ1) is 14.8. The second kappa shape index (κ2) is 13.8. The van der Waals surface area contributed by atoms with Gasteiger partial charge in [-0.15, -0.1) is 12.3 Å². The number of ether oxygens (including phenoxy) is 1. The van der Waals surface area contributed by atoms with Gasteiger partial charge in [-0.1, -0.05) is 22.0 Å². The van der Waals surface area contributed by atoms with Gasteiger partial charge in [0.2, 0.25) is 0 Å². The van der Waals surface area contributed by atoms with Gasteiger partial charge < -0.3 is 4.74 Å². The van der Waals surface area contributed by atoms with Gasteiger partial charge in [0.1, 0.15) is 0 Å². The molecule has 0 N–H and O–H groups in total. The van der Waals surface area contributed by atoms with Crippen LogP contribution < -0.4 is 0 Å². The predicted molar refractivity (Wildman–Crippen MR) is 62.2 cm³/mol. The van der Waals surface area contributed by atoms with Crippen LogP contribution in [0.2, 0.25) is 0 Å². The summed E-state index contributed by atoms with van der Waals surface area (Å²) >= 11 is 3.26. The summed E-state index contributed by atoms with van der Waals surface area (Å²) in [7, 11) is 0. The second-order valence-corrected chi connectivity index (χ2v) is 2.42. The summed E-state index contributed by atoms with van der Waals surface area (Å²) in [5.41, 5.74) is 0. The van der Waals surface area contributed by atoms with E-state index in [2.05, 4.69) is 33.3 Å². The highest BCUT2D eigenvalue weighted by atomic mass is 79.9. The number of hydrogen-bond acceptors (Lipinski definition) is 2. The molecule has 3 heteroatoms. The number of nitrogens with zero attached hydrogens (tertiary/aromatic N) is 1. The Balaban J connectivity index is 0. The smallest absolute Gasteiger partial charge is 0.198 e. The summed E-state index contributed by atoms with van der Waals surface area (Å²) in [4.78, 5) is 4.02. The number of hydrogen-bond donors (Lipinski definition) is 0. The minimum absolute atomic E-state index is 0.669. The number of allylic oxidation sites excluding steroid dienone is 1. The SMILES string of the molecule is C#CC.C/C=C\N=C(CBr)OCC. The number of terminal acetylenes is 1. The van der Waals surface area contributed by atoms with Crippen molar-refractivity contribution >= 4 is 21.8 Å². The van der Waals surface area contributed by atoms with Gasteiger partial charge in [0, 0.05) is 6.20 Å². The molecule has 0 saturated carbocycles. The molecule has 0 unspecified atom stereocenters. The molecule has 0 amide bonds. The number of rotatable bonds is 3. The summed E-state index contributed by atoms with van der Waals surface area (Å²) in [6, 6.07) is 0. The Kier molecular flexibility index (Phi) is 15.7. The molecular weight excluding hydrogens is 230 g/mol. The molecule has 0 spiro atoms. The largest absolute Gasteiger partial charge is 0.480 e. The van der Waals surface area contributed by atoms with Gasteiger partial charge in [0.15, 0.2) is 5.90 Å². The van der Waals surface area contributed by atoms with Crippen molar-refractivity contribution in [1.29, 1.82) is 0 Å². The zero-order valence-corrected chi connectivity index (χ0v) is 9.97. The lowest BCUT2D eigenvalue weighted by Crippen LogP contribution is -2.04. The minimum Gasteiger partial charge on any atom is -0.480 e. The molecule has 0 rings (SSSR count). The number of alkyl halides is 1. The maximum atomic E-state index is 5.15. The molecule has 0 aliphatic carbocycles. The van der Waals surface area contributed by atoms with E-state index in [4.69, 9.17) is 4.74 Å². The Labute approximate surface area is 89.2 Å². The van der Waals surface area contributed by atoms with Crippen molar-refractivity contribution in [2.75, 3.05) is 11.9 Å². The summed E-state index contributed by atoms with van der Waals surface area (Å²) in [5.74, 6) is 2.97. The third-order valence-electron chi connectivity index (χ3n) is 0.793. The maximum Gasteiger partial charge on any atom is 0.198 e. The van der Waals surface area contributed by atoms with Crippen LogP contribution in [0.5, 0.6) is 0 Å². The molecule has 0 aromatic carbocycles. The summed E-state index contributed by atoms with van der Waals surface area (Å²) in [6.07, 6.45) is 8.17. The van der Waals surface area contributed by atoms with E-state index < -0.39 is 0 Å². The van der Waals surface area contributed by atoms with E-state index in [0.717, 1.165) is 5.90 Å². The highest BCUT2D eigenvalue weighted by Gasteiger charge is 1.91. The quantitative estimate of drug-likeness (QED) is 0.324. The average Bonchev–Trinajstić information content (AvgIpc) is 2.13. The molecule has 0 radical (unpaired) electrons. The second-order valence-electron chi connectivity index (χ2n) is 1.86. The van der Waals surface area contributed by atoms with Crippen LogP contribution in [-0.2, 0) is 4.74 Å². The molecule has 13 heavy (non-hydrogen) atoms. The van der Waals surface area contributed by atoms with Gasteiger partial charge in [-0.25, -0.2) is 4.99 Å². The lowest BCUT2D eigenvalue weighted by Gasteiger charge is -2.00. The van der Waals surface area contributed by atoms with Crippen LogP contribution in [0.4, 0.5) is 0 Å². The molecule has 0 saturated heterocycles. The standard InChI is InChI=1S/C7H12BrNO.C3H4/c1-3-5-9-7(6-8)10-4-2;1-3-2/h3,5H,4,6H2,1-2H3;1H,2H3/b5-3-,9-7?;. The van der Waals surface area contributed by atoms with E-state index in [0.29, 0.717) is 11.9 Å². The van der Waals surface area contributed by atoms with Gasteiger partial charge in [-0.3, -0.25) is 0 Å². The molecule has 0 aromatic rings. The monoisotopic (exact) mass is 245 g/mol. The lowest BCUT2D eigenvalue weighted by atomic mass is 10.7. The summed E-state index contributed by atoms with van der Waals surface area (Å²) in [6.45, 7) is 6.18. The Hall–Kier alpha value is -0.750. The molecule has 0 aliphatic heterocycles. The Morgan fingerprint density at radius 3 is 2.54 bits per heavy atom. The zero-order valence-electron chi connectivity index (χ0n) is 8.38. The van der Waals surface area contributed by atoms with E-state index in [9.17, 15) is 0 Å². The van der Waals surface area contributed by atoms with Crippen molar-refractivity contribution in [2.24, 2.45) is 4.99 Å². The van der Waals surface area contributed by atoms with E-state index in [1.807, 2.05) is 19.9 Å². The first-order valence-corrected chi connectivity index (χ1v) is 5.12. The van der Waals surface area contributed by atoms with Crippen LogP contribution in [0.15, 0.2) is 17.3 Å². The van der Waals surface area contributed by atoms with Crippen LogP contribution in [0.1, 0.15) is 20.8 Å². The molecule has 74 valence electrons. The van der Waals surface area contributed by atoms with Crippen LogP contribution >= 0.6 is 15.9 Å². The van der Waals surface area contributed by atoms with Gasteiger partial charge in [-0.05, 0) is 20.8 Å². The van der Waals surface area contributed by atoms with Crippen molar-refractivity contribution in [1.82, 2.24) is 0 Å². The third-order valence-corrected chi connectivity index (χ3v) is 1.27. The average molecular weight is 246 g/mol. The Morgan fingerprint density at radius 2 is 2.23 bits per heavy atom. The number of aliphatic imine (C=N–C) groups is 1. The van der Waals surface area contributed by atoms with Crippen molar-refractivity contribution in [3.8, 4) is 12.3 Å². The van der Waals surface area contributed by atoms with Crippen molar-refractivity contribution in [3.05, 3.63) is 12.3 Å². The van der Waals surface area contributed by atoms with Gasteiger partial charge in [0.25, 0.3) is 0 Å². The highest BCUT2D eigenvalue weighted by Crippen LogP contribution is 1.90. The molecule has 0 atom stereocenters. The fourth-order valence-electron chi connectivity index (χ4n) is 0.435. The van der Waals surface area contributed by atoms with Crippen molar-refractivity contribution in [3.63, 3.8) is 0 Å². The molecule has 0 aromatic heterocycles. The fourth-order valence-corrected chi connectivity index (χ4v) is 0.741. The molecule has 0 bridgehead atoms. The van der Waals surface area contributed by atoms with Crippen LogP contribution in [-0.4, -0.2) is 17.8 Å². The molecule has 0 aliphatic rings. The Bertz CT molecular complexity index is 192. The van der Waals surface area contributed by atoms with Crippen LogP contribution in [0, 0.1) is 12.3 Å². The van der Waals surface area contributed by atoms with Crippen molar-refractivity contribution < 1.29 is 4.74 Å². The summed E-state index contributed by atoms with van der Waals surface area (Å²) < 4.78 is 5.15. The van der Waals surface area contributed by atoms with Crippen molar-refractivity contribution in [2.45, 2.75) is 20.8 Å². The zero-order chi connectivity index (χ0) is 10.5. The van der Waals surface area contributed by atoms with Gasteiger partial charge >= 0.3 is 0 Å². The first-order valence-electron chi connectivity index (χ1n) is 4.00.